The second kappa shape index (κ2) is 8.80. The van der Waals surface area contributed by atoms with Gasteiger partial charge >= 0.3 is 6.61 Å². The number of benzene rings is 1. The molecule has 144 valence electrons. The topological polar surface area (TPSA) is 50.4 Å². The lowest BCUT2D eigenvalue weighted by atomic mass is 9.83. The number of amides is 1. The number of rotatable bonds is 6. The Morgan fingerprint density at radius 3 is 2.81 bits per heavy atom. The van der Waals surface area contributed by atoms with Crippen LogP contribution in [0.2, 0.25) is 0 Å². The summed E-state index contributed by atoms with van der Waals surface area (Å²) in [4.78, 5) is 12.5. The molecule has 1 aromatic carbocycles. The zero-order valence-corrected chi connectivity index (χ0v) is 15.3. The minimum Gasteiger partial charge on any atom is -0.435 e. The third-order valence-corrected chi connectivity index (χ3v) is 5.69. The molecule has 2 N–H and O–H groups in total. The molecule has 1 aromatic rings. The minimum atomic E-state index is -2.82. The normalized spacial score (nSPS) is 21.9. The summed E-state index contributed by atoms with van der Waals surface area (Å²) < 4.78 is 29.3. The van der Waals surface area contributed by atoms with Gasteiger partial charge in [0.15, 0.2) is 0 Å². The molecule has 0 spiro atoms. The molecule has 0 saturated carbocycles. The van der Waals surface area contributed by atoms with Gasteiger partial charge in [0.2, 0.25) is 5.91 Å². The summed E-state index contributed by atoms with van der Waals surface area (Å²) in [6.07, 6.45) is 5.45. The highest BCUT2D eigenvalue weighted by Crippen LogP contribution is 2.33. The molecule has 1 saturated heterocycles. The van der Waals surface area contributed by atoms with Crippen LogP contribution in [-0.4, -0.2) is 25.6 Å². The number of ether oxygens (including phenoxy) is 1. The largest absolute Gasteiger partial charge is 0.435 e. The Balaban J connectivity index is 1.59. The van der Waals surface area contributed by atoms with Gasteiger partial charge in [0.05, 0.1) is 6.04 Å². The van der Waals surface area contributed by atoms with E-state index in [9.17, 15) is 13.6 Å². The number of piperidine rings is 1. The smallest absolute Gasteiger partial charge is 0.387 e. The molecule has 1 aliphatic heterocycles. The van der Waals surface area contributed by atoms with Crippen molar-refractivity contribution < 1.29 is 18.3 Å². The molecule has 1 aliphatic carbocycles. The van der Waals surface area contributed by atoms with Crippen LogP contribution in [-0.2, 0) is 11.2 Å². The second-order valence-electron chi connectivity index (χ2n) is 7.52. The van der Waals surface area contributed by atoms with Crippen LogP contribution >= 0.6 is 0 Å². The van der Waals surface area contributed by atoms with Crippen LogP contribution in [0.15, 0.2) is 18.2 Å². The van der Waals surface area contributed by atoms with E-state index in [1.165, 1.54) is 0 Å². The molecule has 2 unspecified atom stereocenters. The molecule has 26 heavy (non-hydrogen) atoms. The van der Waals surface area contributed by atoms with Crippen LogP contribution in [0.3, 0.4) is 0 Å². The van der Waals surface area contributed by atoms with E-state index in [1.807, 2.05) is 6.07 Å². The van der Waals surface area contributed by atoms with Gasteiger partial charge in [-0.2, -0.15) is 8.78 Å². The van der Waals surface area contributed by atoms with Crippen molar-refractivity contribution in [2.75, 3.05) is 13.1 Å². The lowest BCUT2D eigenvalue weighted by Crippen LogP contribution is -2.35. The molecule has 1 amide bonds. The summed E-state index contributed by atoms with van der Waals surface area (Å²) in [5.74, 6) is 1.25. The number of carbonyl (C=O) groups excluding carboxylic acids is 1. The van der Waals surface area contributed by atoms with E-state index in [2.05, 4.69) is 22.3 Å². The van der Waals surface area contributed by atoms with E-state index < -0.39 is 6.61 Å². The zero-order valence-electron chi connectivity index (χ0n) is 15.3. The minimum absolute atomic E-state index is 0.0351. The van der Waals surface area contributed by atoms with Gasteiger partial charge in [0.1, 0.15) is 5.75 Å². The maximum Gasteiger partial charge on any atom is 0.387 e. The number of hydrogen-bond acceptors (Lipinski definition) is 3. The van der Waals surface area contributed by atoms with E-state index in [1.54, 1.807) is 12.1 Å². The Bertz CT molecular complexity index is 618. The zero-order chi connectivity index (χ0) is 18.5. The van der Waals surface area contributed by atoms with Crippen LogP contribution in [0.1, 0.15) is 56.2 Å². The average Bonchev–Trinajstić information content (AvgIpc) is 2.62. The highest BCUT2D eigenvalue weighted by atomic mass is 19.3. The first-order valence-electron chi connectivity index (χ1n) is 9.60. The van der Waals surface area contributed by atoms with Gasteiger partial charge < -0.3 is 15.4 Å². The first kappa shape index (κ1) is 19.1. The Labute approximate surface area is 153 Å². The first-order chi connectivity index (χ1) is 12.5. The van der Waals surface area contributed by atoms with Crippen molar-refractivity contribution in [1.29, 1.82) is 0 Å². The molecule has 1 heterocycles. The van der Waals surface area contributed by atoms with E-state index in [-0.39, 0.29) is 17.7 Å². The molecule has 0 aromatic heterocycles. The quantitative estimate of drug-likeness (QED) is 0.805. The third-order valence-electron chi connectivity index (χ3n) is 5.69. The summed E-state index contributed by atoms with van der Waals surface area (Å²) in [5, 5.41) is 6.52. The van der Waals surface area contributed by atoms with Gasteiger partial charge in [-0.3, -0.25) is 4.79 Å². The van der Waals surface area contributed by atoms with E-state index in [0.29, 0.717) is 18.3 Å². The maximum absolute atomic E-state index is 12.5. The number of aryl methyl sites for hydroxylation is 1. The number of alkyl halides is 2. The highest BCUT2D eigenvalue weighted by molar-refractivity contribution is 5.76. The summed E-state index contributed by atoms with van der Waals surface area (Å²) in [5.41, 5.74) is 2.02. The molecule has 3 rings (SSSR count). The SMILES string of the molecule is CC(CC(=O)NC1CCCc2cc(OC(F)F)ccc21)C1CCNCC1. The predicted molar refractivity (Wildman–Crippen MR) is 96.3 cm³/mol. The third kappa shape index (κ3) is 4.93. The molecule has 0 radical (unpaired) electrons. The molecular weight excluding hydrogens is 338 g/mol. The van der Waals surface area contributed by atoms with Crippen LogP contribution < -0.4 is 15.4 Å². The van der Waals surface area contributed by atoms with Crippen molar-refractivity contribution in [2.45, 2.75) is 58.1 Å². The highest BCUT2D eigenvalue weighted by Gasteiger charge is 2.26. The van der Waals surface area contributed by atoms with E-state index >= 15 is 0 Å². The van der Waals surface area contributed by atoms with Crippen molar-refractivity contribution >= 4 is 5.91 Å². The summed E-state index contributed by atoms with van der Waals surface area (Å²) in [6.45, 7) is 1.42. The van der Waals surface area contributed by atoms with Crippen LogP contribution in [0.4, 0.5) is 8.78 Å². The summed E-state index contributed by atoms with van der Waals surface area (Å²) >= 11 is 0. The fraction of sp³-hybridized carbons (Fsp3) is 0.650. The molecule has 2 aliphatic rings. The van der Waals surface area contributed by atoms with Crippen molar-refractivity contribution in [3.05, 3.63) is 29.3 Å². The van der Waals surface area contributed by atoms with E-state index in [4.69, 9.17) is 0 Å². The predicted octanol–water partition coefficient (Wildman–Crippen LogP) is 3.81. The fourth-order valence-corrected chi connectivity index (χ4v) is 4.24. The van der Waals surface area contributed by atoms with Gasteiger partial charge in [-0.25, -0.2) is 0 Å². The standard InChI is InChI=1S/C20H28F2N2O2/c1-13(14-7-9-23-10-8-14)11-19(25)24-18-4-2-3-15-12-16(26-20(21)22)5-6-17(15)18/h5-6,12-14,18,20,23H,2-4,7-11H2,1H3,(H,24,25). The average molecular weight is 366 g/mol. The van der Waals surface area contributed by atoms with Crippen molar-refractivity contribution in [3.63, 3.8) is 0 Å². The van der Waals surface area contributed by atoms with Gasteiger partial charge in [-0.1, -0.05) is 13.0 Å². The number of carbonyl (C=O) groups is 1. The number of nitrogens with one attached hydrogen (secondary N) is 2. The lowest BCUT2D eigenvalue weighted by Gasteiger charge is -2.30. The molecule has 2 atom stereocenters. The lowest BCUT2D eigenvalue weighted by molar-refractivity contribution is -0.123. The van der Waals surface area contributed by atoms with Crippen LogP contribution in [0.5, 0.6) is 5.75 Å². The van der Waals surface area contributed by atoms with Gasteiger partial charge in [-0.15, -0.1) is 0 Å². The van der Waals surface area contributed by atoms with Crippen molar-refractivity contribution in [1.82, 2.24) is 10.6 Å². The van der Waals surface area contributed by atoms with Crippen molar-refractivity contribution in [3.8, 4) is 5.75 Å². The summed E-state index contributed by atoms with van der Waals surface area (Å²) in [7, 11) is 0. The molecular formula is C20H28F2N2O2. The second-order valence-corrected chi connectivity index (χ2v) is 7.52. The molecule has 6 heteroatoms. The van der Waals surface area contributed by atoms with Crippen LogP contribution in [0.25, 0.3) is 0 Å². The van der Waals surface area contributed by atoms with Gasteiger partial charge in [0, 0.05) is 6.42 Å². The Hall–Kier alpha value is -1.69. The van der Waals surface area contributed by atoms with E-state index in [0.717, 1.165) is 56.3 Å². The first-order valence-corrected chi connectivity index (χ1v) is 9.60. The van der Waals surface area contributed by atoms with Crippen LogP contribution in [0, 0.1) is 11.8 Å². The number of hydrogen-bond donors (Lipinski definition) is 2. The van der Waals surface area contributed by atoms with Gasteiger partial charge in [-0.05, 0) is 80.3 Å². The fourth-order valence-electron chi connectivity index (χ4n) is 4.24. The Morgan fingerprint density at radius 1 is 1.31 bits per heavy atom. The molecule has 4 nitrogen and oxygen atoms in total. The molecule has 0 bridgehead atoms. The molecule has 1 fully saturated rings. The Kier molecular flexibility index (Phi) is 6.46. The number of fused-ring (bicyclic) bond motifs is 1. The Morgan fingerprint density at radius 2 is 2.08 bits per heavy atom. The summed E-state index contributed by atoms with van der Waals surface area (Å²) in [6, 6.07) is 5.02. The van der Waals surface area contributed by atoms with Crippen molar-refractivity contribution in [2.24, 2.45) is 11.8 Å². The maximum atomic E-state index is 12.5. The monoisotopic (exact) mass is 366 g/mol. The number of halogens is 2. The van der Waals surface area contributed by atoms with Gasteiger partial charge in [0.25, 0.3) is 0 Å².